The average Bonchev–Trinajstić information content (AvgIpc) is 2.54. The van der Waals surface area contributed by atoms with Crippen molar-refractivity contribution in [3.63, 3.8) is 0 Å². The van der Waals surface area contributed by atoms with Crippen molar-refractivity contribution in [1.29, 1.82) is 0 Å². The zero-order chi connectivity index (χ0) is 15.9. The number of carbonyl (C=O) groups excluding carboxylic acids is 1. The van der Waals surface area contributed by atoms with Gasteiger partial charge in [-0.15, -0.1) is 0 Å². The van der Waals surface area contributed by atoms with Crippen LogP contribution in [0.25, 0.3) is 0 Å². The van der Waals surface area contributed by atoms with Gasteiger partial charge in [0.2, 0.25) is 0 Å². The second-order valence-corrected chi connectivity index (χ2v) is 5.51. The summed E-state index contributed by atoms with van der Waals surface area (Å²) in [4.78, 5) is 27.5. The molecular weight excluding hydrogens is 284 g/mol. The second-order valence-electron chi connectivity index (χ2n) is 5.51. The highest BCUT2D eigenvalue weighted by atomic mass is 16.7. The Bertz CT molecular complexity index is 560. The van der Waals surface area contributed by atoms with Gasteiger partial charge in [-0.2, -0.15) is 0 Å². The van der Waals surface area contributed by atoms with E-state index < -0.39 is 5.97 Å². The maximum Gasteiger partial charge on any atom is 0.338 e. The van der Waals surface area contributed by atoms with Gasteiger partial charge in [0.05, 0.1) is 11.5 Å². The Morgan fingerprint density at radius 1 is 1.18 bits per heavy atom. The van der Waals surface area contributed by atoms with E-state index in [4.69, 9.17) is 15.7 Å². The van der Waals surface area contributed by atoms with Crippen molar-refractivity contribution in [1.82, 2.24) is 0 Å². The molecule has 0 saturated heterocycles. The minimum absolute atomic E-state index is 0.0693. The molecule has 0 bridgehead atoms. The molecule has 1 aromatic carbocycles. The molecule has 22 heavy (non-hydrogen) atoms. The largest absolute Gasteiger partial charge is 0.478 e. The number of carbonyl (C=O) groups is 2. The molecule has 0 heterocycles. The van der Waals surface area contributed by atoms with Crippen molar-refractivity contribution >= 4 is 17.8 Å². The van der Waals surface area contributed by atoms with E-state index in [1.165, 1.54) is 18.6 Å². The standard InChI is InChI=1S/C16H20N2O4/c17-14(10-11-6-8-12(9-7-11)15(19)20)18-22-16(21)13-4-2-1-3-5-13/h6-9,13H,1-5,10H2,(H2,17,18)(H,19,20). The van der Waals surface area contributed by atoms with E-state index in [1.54, 1.807) is 12.1 Å². The van der Waals surface area contributed by atoms with Gasteiger partial charge in [0.25, 0.3) is 0 Å². The minimum atomic E-state index is -0.977. The van der Waals surface area contributed by atoms with Crippen molar-refractivity contribution in [2.45, 2.75) is 38.5 Å². The number of rotatable bonds is 5. The minimum Gasteiger partial charge on any atom is -0.478 e. The van der Waals surface area contributed by atoms with Crippen LogP contribution in [0.1, 0.15) is 48.0 Å². The van der Waals surface area contributed by atoms with E-state index in [2.05, 4.69) is 5.16 Å². The van der Waals surface area contributed by atoms with Crippen LogP contribution in [-0.4, -0.2) is 22.9 Å². The smallest absolute Gasteiger partial charge is 0.338 e. The SMILES string of the molecule is N/C(Cc1ccc(C(=O)O)cc1)=N\OC(=O)C1CCCCC1. The number of hydrogen-bond acceptors (Lipinski definition) is 4. The zero-order valence-electron chi connectivity index (χ0n) is 12.3. The van der Waals surface area contributed by atoms with Crippen molar-refractivity contribution < 1.29 is 19.5 Å². The molecule has 6 nitrogen and oxygen atoms in total. The zero-order valence-corrected chi connectivity index (χ0v) is 12.3. The van der Waals surface area contributed by atoms with E-state index in [-0.39, 0.29) is 23.3 Å². The fourth-order valence-corrected chi connectivity index (χ4v) is 2.52. The Balaban J connectivity index is 1.86. The molecule has 0 spiro atoms. The van der Waals surface area contributed by atoms with E-state index >= 15 is 0 Å². The first-order valence-electron chi connectivity index (χ1n) is 7.41. The summed E-state index contributed by atoms with van der Waals surface area (Å²) >= 11 is 0. The molecule has 118 valence electrons. The van der Waals surface area contributed by atoms with Crippen LogP contribution in [0.4, 0.5) is 0 Å². The van der Waals surface area contributed by atoms with Gasteiger partial charge >= 0.3 is 11.9 Å². The topological polar surface area (TPSA) is 102 Å². The molecule has 1 aliphatic carbocycles. The Morgan fingerprint density at radius 3 is 2.41 bits per heavy atom. The number of carboxylic acid groups (broad SMARTS) is 1. The molecular formula is C16H20N2O4. The van der Waals surface area contributed by atoms with Gasteiger partial charge in [-0.3, -0.25) is 0 Å². The Hall–Kier alpha value is -2.37. The van der Waals surface area contributed by atoms with Crippen molar-refractivity contribution in [3.05, 3.63) is 35.4 Å². The van der Waals surface area contributed by atoms with Crippen LogP contribution < -0.4 is 5.73 Å². The van der Waals surface area contributed by atoms with E-state index in [0.29, 0.717) is 6.42 Å². The van der Waals surface area contributed by atoms with Crippen LogP contribution >= 0.6 is 0 Å². The van der Waals surface area contributed by atoms with Crippen LogP contribution in [0.3, 0.4) is 0 Å². The Kier molecular flexibility index (Phi) is 5.52. The third-order valence-corrected chi connectivity index (χ3v) is 3.78. The maximum absolute atomic E-state index is 11.8. The van der Waals surface area contributed by atoms with Crippen LogP contribution in [0.15, 0.2) is 29.4 Å². The van der Waals surface area contributed by atoms with Gasteiger partial charge < -0.3 is 15.7 Å². The summed E-state index contributed by atoms with van der Waals surface area (Å²) in [5.41, 5.74) is 6.75. The van der Waals surface area contributed by atoms with E-state index in [1.807, 2.05) is 0 Å². The number of aromatic carboxylic acids is 1. The predicted octanol–water partition coefficient (Wildman–Crippen LogP) is 2.32. The van der Waals surface area contributed by atoms with Gasteiger partial charge in [-0.05, 0) is 30.5 Å². The van der Waals surface area contributed by atoms with Crippen molar-refractivity contribution in [3.8, 4) is 0 Å². The third-order valence-electron chi connectivity index (χ3n) is 3.78. The fraction of sp³-hybridized carbons (Fsp3) is 0.438. The van der Waals surface area contributed by atoms with Gasteiger partial charge in [0, 0.05) is 6.42 Å². The summed E-state index contributed by atoms with van der Waals surface area (Å²) in [6.07, 6.45) is 5.28. The number of nitrogens with two attached hydrogens (primary N) is 1. The number of hydrogen-bond donors (Lipinski definition) is 2. The third kappa shape index (κ3) is 4.58. The first-order valence-corrected chi connectivity index (χ1v) is 7.41. The number of nitrogens with zero attached hydrogens (tertiary/aromatic N) is 1. The van der Waals surface area contributed by atoms with Gasteiger partial charge in [-0.1, -0.05) is 36.6 Å². The molecule has 6 heteroatoms. The summed E-state index contributed by atoms with van der Waals surface area (Å²) < 4.78 is 0. The molecule has 0 aromatic heterocycles. The summed E-state index contributed by atoms with van der Waals surface area (Å²) in [7, 11) is 0. The highest BCUT2D eigenvalue weighted by Gasteiger charge is 2.22. The number of oxime groups is 1. The van der Waals surface area contributed by atoms with Crippen LogP contribution in [-0.2, 0) is 16.1 Å². The molecule has 0 atom stereocenters. The summed E-state index contributed by atoms with van der Waals surface area (Å²) in [5, 5.41) is 12.5. The number of carboxylic acids is 1. The molecule has 0 aliphatic heterocycles. The number of amidine groups is 1. The van der Waals surface area contributed by atoms with E-state index in [9.17, 15) is 9.59 Å². The average molecular weight is 304 g/mol. The summed E-state index contributed by atoms with van der Waals surface area (Å²) in [6, 6.07) is 6.32. The lowest BCUT2D eigenvalue weighted by Crippen LogP contribution is -2.21. The van der Waals surface area contributed by atoms with Crippen LogP contribution in [0, 0.1) is 5.92 Å². The van der Waals surface area contributed by atoms with Gasteiger partial charge in [0.15, 0.2) is 0 Å². The first kappa shape index (κ1) is 16.0. The molecule has 2 rings (SSSR count). The lowest BCUT2D eigenvalue weighted by Gasteiger charge is -2.18. The highest BCUT2D eigenvalue weighted by Crippen LogP contribution is 2.24. The molecule has 0 unspecified atom stereocenters. The molecule has 0 radical (unpaired) electrons. The van der Waals surface area contributed by atoms with Crippen LogP contribution in [0.5, 0.6) is 0 Å². The molecule has 1 aromatic rings. The molecule has 1 aliphatic rings. The van der Waals surface area contributed by atoms with Crippen LogP contribution in [0.2, 0.25) is 0 Å². The number of benzene rings is 1. The lowest BCUT2D eigenvalue weighted by atomic mass is 9.89. The Labute approximate surface area is 128 Å². The molecule has 1 saturated carbocycles. The fourth-order valence-electron chi connectivity index (χ4n) is 2.52. The normalized spacial score (nSPS) is 16.3. The van der Waals surface area contributed by atoms with Gasteiger partial charge in [0.1, 0.15) is 5.84 Å². The second kappa shape index (κ2) is 7.59. The van der Waals surface area contributed by atoms with Crippen molar-refractivity contribution in [2.24, 2.45) is 16.8 Å². The maximum atomic E-state index is 11.8. The predicted molar refractivity (Wildman–Crippen MR) is 81.4 cm³/mol. The Morgan fingerprint density at radius 2 is 1.82 bits per heavy atom. The summed E-state index contributed by atoms with van der Waals surface area (Å²) in [6.45, 7) is 0. The molecule has 3 N–H and O–H groups in total. The quantitative estimate of drug-likeness (QED) is 0.376. The lowest BCUT2D eigenvalue weighted by molar-refractivity contribution is -0.149. The monoisotopic (exact) mass is 304 g/mol. The van der Waals surface area contributed by atoms with Crippen molar-refractivity contribution in [2.75, 3.05) is 0 Å². The first-order chi connectivity index (χ1) is 10.6. The molecule has 0 amide bonds. The highest BCUT2D eigenvalue weighted by molar-refractivity contribution is 5.88. The summed E-state index contributed by atoms with van der Waals surface area (Å²) in [5.74, 6) is -1.18. The van der Waals surface area contributed by atoms with E-state index in [0.717, 1.165) is 31.2 Å². The van der Waals surface area contributed by atoms with Gasteiger partial charge in [-0.25, -0.2) is 9.59 Å². The molecule has 1 fully saturated rings.